The summed E-state index contributed by atoms with van der Waals surface area (Å²) >= 11 is 0. The van der Waals surface area contributed by atoms with Gasteiger partial charge in [-0.15, -0.1) is 0 Å². The van der Waals surface area contributed by atoms with Crippen LogP contribution in [0.5, 0.6) is 0 Å². The maximum absolute atomic E-state index is 13.0. The van der Waals surface area contributed by atoms with Crippen molar-refractivity contribution >= 4 is 11.6 Å². The summed E-state index contributed by atoms with van der Waals surface area (Å²) in [5, 5.41) is 21.6. The van der Waals surface area contributed by atoms with Gasteiger partial charge in [0.05, 0.1) is 16.9 Å². The summed E-state index contributed by atoms with van der Waals surface area (Å²) < 4.78 is 13.0. The van der Waals surface area contributed by atoms with Crippen molar-refractivity contribution in [3.8, 4) is 6.07 Å². The zero-order chi connectivity index (χ0) is 13.7. The highest BCUT2D eigenvalue weighted by Gasteiger charge is 2.20. The van der Waals surface area contributed by atoms with E-state index in [-0.39, 0.29) is 12.1 Å². The van der Waals surface area contributed by atoms with E-state index in [4.69, 9.17) is 5.26 Å². The monoisotopic (exact) mass is 251 g/mol. The second-order valence-electron chi connectivity index (χ2n) is 3.66. The smallest absolute Gasteiger partial charge is 0.282 e. The fourth-order valence-electron chi connectivity index (χ4n) is 1.24. The molecule has 0 aliphatic heterocycles. The Kier molecular flexibility index (Phi) is 4.32. The summed E-state index contributed by atoms with van der Waals surface area (Å²) in [5.41, 5.74) is -0.830. The molecule has 1 amide bonds. The molecule has 94 valence electrons. The topological polar surface area (TPSA) is 96.0 Å². The molecule has 0 saturated heterocycles. The van der Waals surface area contributed by atoms with E-state index in [1.165, 1.54) is 0 Å². The molecule has 0 fully saturated rings. The number of nitro groups is 1. The first kappa shape index (κ1) is 13.6. The number of nitrogens with zero attached hydrogens (tertiary/aromatic N) is 2. The number of amides is 1. The van der Waals surface area contributed by atoms with Gasteiger partial charge in [0.25, 0.3) is 11.6 Å². The van der Waals surface area contributed by atoms with E-state index < -0.39 is 28.3 Å². The summed E-state index contributed by atoms with van der Waals surface area (Å²) in [6.07, 6.45) is 0. The van der Waals surface area contributed by atoms with Gasteiger partial charge in [-0.1, -0.05) is 0 Å². The van der Waals surface area contributed by atoms with Crippen molar-refractivity contribution in [2.45, 2.75) is 6.92 Å². The number of halogens is 1. The molecule has 0 heterocycles. The number of nitrogens with one attached hydrogen (secondary N) is 1. The molecule has 0 aromatic heterocycles. The maximum atomic E-state index is 13.0. The van der Waals surface area contributed by atoms with Crippen LogP contribution in [0.4, 0.5) is 10.1 Å². The number of nitro benzene ring substituents is 1. The van der Waals surface area contributed by atoms with Crippen LogP contribution in [0.1, 0.15) is 17.3 Å². The van der Waals surface area contributed by atoms with Gasteiger partial charge in [0.15, 0.2) is 0 Å². The Morgan fingerprint density at radius 2 is 2.33 bits per heavy atom. The average Bonchev–Trinajstić information content (AvgIpc) is 2.34. The summed E-state index contributed by atoms with van der Waals surface area (Å²) in [5.74, 6) is -1.94. The number of nitriles is 1. The fraction of sp³-hybridized carbons (Fsp3) is 0.273. The van der Waals surface area contributed by atoms with Crippen LogP contribution in [0.15, 0.2) is 18.2 Å². The van der Waals surface area contributed by atoms with Crippen LogP contribution in [-0.2, 0) is 0 Å². The molecule has 0 bridgehead atoms. The van der Waals surface area contributed by atoms with Crippen molar-refractivity contribution in [2.75, 3.05) is 6.54 Å². The first-order valence-corrected chi connectivity index (χ1v) is 5.07. The molecule has 0 aliphatic carbocycles. The minimum atomic E-state index is -0.775. The van der Waals surface area contributed by atoms with E-state index in [0.717, 1.165) is 18.2 Å². The molecule has 1 rings (SSSR count). The lowest BCUT2D eigenvalue weighted by molar-refractivity contribution is -0.385. The predicted octanol–water partition coefficient (Wildman–Crippen LogP) is 1.62. The van der Waals surface area contributed by atoms with Gasteiger partial charge < -0.3 is 5.32 Å². The van der Waals surface area contributed by atoms with E-state index >= 15 is 0 Å². The van der Waals surface area contributed by atoms with Gasteiger partial charge in [0.2, 0.25) is 0 Å². The van der Waals surface area contributed by atoms with Crippen molar-refractivity contribution < 1.29 is 14.1 Å². The fourth-order valence-corrected chi connectivity index (χ4v) is 1.24. The third kappa shape index (κ3) is 3.25. The van der Waals surface area contributed by atoms with Crippen molar-refractivity contribution in [1.82, 2.24) is 5.32 Å². The Morgan fingerprint density at radius 1 is 1.67 bits per heavy atom. The molecular formula is C11H10FN3O3. The van der Waals surface area contributed by atoms with Crippen molar-refractivity contribution in [3.63, 3.8) is 0 Å². The molecule has 18 heavy (non-hydrogen) atoms. The van der Waals surface area contributed by atoms with E-state index in [9.17, 15) is 19.3 Å². The van der Waals surface area contributed by atoms with Gasteiger partial charge in [-0.3, -0.25) is 14.9 Å². The van der Waals surface area contributed by atoms with Crippen LogP contribution in [-0.4, -0.2) is 17.4 Å². The van der Waals surface area contributed by atoms with Crippen LogP contribution in [0.3, 0.4) is 0 Å². The largest absolute Gasteiger partial charge is 0.351 e. The predicted molar refractivity (Wildman–Crippen MR) is 60.2 cm³/mol. The van der Waals surface area contributed by atoms with E-state index in [0.29, 0.717) is 0 Å². The number of carbonyl (C=O) groups excluding carboxylic acids is 1. The minimum Gasteiger partial charge on any atom is -0.351 e. The molecule has 1 N–H and O–H groups in total. The molecule has 1 atom stereocenters. The van der Waals surface area contributed by atoms with Gasteiger partial charge in [0, 0.05) is 12.6 Å². The molecular weight excluding hydrogens is 241 g/mol. The van der Waals surface area contributed by atoms with Crippen LogP contribution < -0.4 is 5.32 Å². The molecule has 0 aliphatic rings. The number of benzene rings is 1. The maximum Gasteiger partial charge on any atom is 0.282 e. The SMILES string of the molecule is CC(C#N)CNC(=O)c1cc(F)ccc1[N+](=O)[O-]. The van der Waals surface area contributed by atoms with Crippen molar-refractivity contribution in [2.24, 2.45) is 5.92 Å². The summed E-state index contributed by atoms with van der Waals surface area (Å²) in [4.78, 5) is 21.6. The van der Waals surface area contributed by atoms with Gasteiger partial charge in [-0.25, -0.2) is 4.39 Å². The Morgan fingerprint density at radius 3 is 2.89 bits per heavy atom. The van der Waals surface area contributed by atoms with Crippen LogP contribution >= 0.6 is 0 Å². The van der Waals surface area contributed by atoms with Crippen LogP contribution in [0.25, 0.3) is 0 Å². The third-order valence-corrected chi connectivity index (χ3v) is 2.19. The quantitative estimate of drug-likeness (QED) is 0.649. The van der Waals surface area contributed by atoms with E-state index in [2.05, 4.69) is 5.32 Å². The molecule has 1 unspecified atom stereocenters. The highest BCUT2D eigenvalue weighted by atomic mass is 19.1. The van der Waals surface area contributed by atoms with Crippen molar-refractivity contribution in [3.05, 3.63) is 39.7 Å². The standard InChI is InChI=1S/C11H10FN3O3/c1-7(5-13)6-14-11(16)9-4-8(12)2-3-10(9)15(17)18/h2-4,7H,6H2,1H3,(H,14,16). The second-order valence-corrected chi connectivity index (χ2v) is 3.66. The number of carbonyl (C=O) groups is 1. The molecule has 1 aromatic carbocycles. The highest BCUT2D eigenvalue weighted by molar-refractivity contribution is 5.98. The Labute approximate surface area is 102 Å². The Balaban J connectivity index is 2.94. The molecule has 0 radical (unpaired) electrons. The summed E-state index contributed by atoms with van der Waals surface area (Å²) in [6, 6.07) is 4.53. The Bertz CT molecular complexity index is 525. The summed E-state index contributed by atoms with van der Waals surface area (Å²) in [6.45, 7) is 1.63. The number of rotatable bonds is 4. The van der Waals surface area contributed by atoms with Crippen LogP contribution in [0.2, 0.25) is 0 Å². The number of hydrogen-bond donors (Lipinski definition) is 1. The first-order chi connectivity index (χ1) is 8.45. The summed E-state index contributed by atoms with van der Waals surface area (Å²) in [7, 11) is 0. The zero-order valence-electron chi connectivity index (χ0n) is 9.51. The molecule has 0 spiro atoms. The normalized spacial score (nSPS) is 11.4. The van der Waals surface area contributed by atoms with E-state index in [1.54, 1.807) is 6.92 Å². The van der Waals surface area contributed by atoms with Gasteiger partial charge in [-0.05, 0) is 19.1 Å². The van der Waals surface area contributed by atoms with E-state index in [1.807, 2.05) is 6.07 Å². The first-order valence-electron chi connectivity index (χ1n) is 5.07. The lowest BCUT2D eigenvalue weighted by Gasteiger charge is -2.06. The Hall–Kier alpha value is -2.49. The average molecular weight is 251 g/mol. The second kappa shape index (κ2) is 5.72. The molecule has 7 heteroatoms. The van der Waals surface area contributed by atoms with Gasteiger partial charge >= 0.3 is 0 Å². The molecule has 0 saturated carbocycles. The van der Waals surface area contributed by atoms with Gasteiger partial charge in [-0.2, -0.15) is 5.26 Å². The number of hydrogen-bond acceptors (Lipinski definition) is 4. The third-order valence-electron chi connectivity index (χ3n) is 2.19. The zero-order valence-corrected chi connectivity index (χ0v) is 9.51. The van der Waals surface area contributed by atoms with Crippen LogP contribution in [0, 0.1) is 33.2 Å². The highest BCUT2D eigenvalue weighted by Crippen LogP contribution is 2.19. The lowest BCUT2D eigenvalue weighted by atomic mass is 10.1. The van der Waals surface area contributed by atoms with Crippen molar-refractivity contribution in [1.29, 1.82) is 5.26 Å². The van der Waals surface area contributed by atoms with Gasteiger partial charge in [0.1, 0.15) is 11.4 Å². The lowest BCUT2D eigenvalue weighted by Crippen LogP contribution is -2.28. The molecule has 6 nitrogen and oxygen atoms in total. The minimum absolute atomic E-state index is 0.0446. The molecule has 1 aromatic rings.